The van der Waals surface area contributed by atoms with Gasteiger partial charge >= 0.3 is 5.97 Å². The van der Waals surface area contributed by atoms with Crippen LogP contribution in [-0.4, -0.2) is 55.5 Å². The second kappa shape index (κ2) is 5.29. The summed E-state index contributed by atoms with van der Waals surface area (Å²) in [6.07, 6.45) is -0.965. The Kier molecular flexibility index (Phi) is 3.70. The Morgan fingerprint density at radius 2 is 2.05 bits per heavy atom. The maximum Gasteiger partial charge on any atom is 0.326 e. The molecule has 2 heterocycles. The molecule has 0 aliphatic carbocycles. The Morgan fingerprint density at radius 3 is 2.70 bits per heavy atom. The molecule has 0 unspecified atom stereocenters. The molecule has 9 heteroatoms. The van der Waals surface area contributed by atoms with E-state index in [4.69, 9.17) is 5.11 Å². The molecule has 3 N–H and O–H groups in total. The first-order valence-electron chi connectivity index (χ1n) is 5.89. The number of aliphatic carboxylic acids is 1. The summed E-state index contributed by atoms with van der Waals surface area (Å²) in [4.78, 5) is 46.6. The zero-order valence-corrected chi connectivity index (χ0v) is 10.4. The molecule has 1 aliphatic rings. The second-order valence-corrected chi connectivity index (χ2v) is 4.52. The summed E-state index contributed by atoms with van der Waals surface area (Å²) in [5, 5.41) is 20.6. The molecule has 0 bridgehead atoms. The fourth-order valence-corrected chi connectivity index (χ4v) is 2.13. The number of amides is 1. The smallest absolute Gasteiger partial charge is 0.326 e. The Morgan fingerprint density at radius 1 is 1.35 bits per heavy atom. The van der Waals surface area contributed by atoms with Gasteiger partial charge in [-0.2, -0.15) is 0 Å². The first kappa shape index (κ1) is 14.0. The summed E-state index contributed by atoms with van der Waals surface area (Å²) in [6.45, 7) is -0.590. The van der Waals surface area contributed by atoms with E-state index >= 15 is 0 Å². The quantitative estimate of drug-likeness (QED) is 0.565. The monoisotopic (exact) mass is 283 g/mol. The number of aliphatic hydroxyl groups excluding tert-OH is 1. The number of aromatic amines is 1. The van der Waals surface area contributed by atoms with Gasteiger partial charge in [0, 0.05) is 25.1 Å². The third kappa shape index (κ3) is 2.77. The van der Waals surface area contributed by atoms with Crippen molar-refractivity contribution in [3.05, 3.63) is 32.8 Å². The lowest BCUT2D eigenvalue weighted by Crippen LogP contribution is -2.44. The highest BCUT2D eigenvalue weighted by atomic mass is 16.4. The number of nitrogens with one attached hydrogen (secondary N) is 1. The number of likely N-dealkylation sites (tertiary alicyclic amines) is 1. The number of carbonyl (C=O) groups is 2. The van der Waals surface area contributed by atoms with Crippen LogP contribution in [-0.2, 0) is 16.1 Å². The number of aliphatic hydroxyl groups is 1. The number of nitrogens with zero attached hydrogens (tertiary/aromatic N) is 2. The standard InChI is InChI=1S/C11H13N3O6/c15-6-3-7(11(19)20)13(4-6)10(18)5-14-9(17)2-1-8(16)12-14/h1-2,6-7,15H,3-5H2,(H,12,16)(H,19,20)/t6-,7+/m1/s1. The molecule has 2 atom stereocenters. The zero-order valence-electron chi connectivity index (χ0n) is 10.4. The normalized spacial score (nSPS) is 21.9. The van der Waals surface area contributed by atoms with E-state index in [9.17, 15) is 24.3 Å². The van der Waals surface area contributed by atoms with Crippen molar-refractivity contribution in [1.82, 2.24) is 14.7 Å². The van der Waals surface area contributed by atoms with Gasteiger partial charge < -0.3 is 15.1 Å². The molecule has 1 fully saturated rings. The molecule has 2 rings (SSSR count). The van der Waals surface area contributed by atoms with Crippen molar-refractivity contribution in [3.63, 3.8) is 0 Å². The van der Waals surface area contributed by atoms with Crippen molar-refractivity contribution in [2.24, 2.45) is 0 Å². The van der Waals surface area contributed by atoms with E-state index in [0.717, 1.165) is 21.7 Å². The van der Waals surface area contributed by atoms with Crippen molar-refractivity contribution in [2.45, 2.75) is 25.1 Å². The van der Waals surface area contributed by atoms with Gasteiger partial charge in [0.25, 0.3) is 11.1 Å². The summed E-state index contributed by atoms with van der Waals surface area (Å²) in [7, 11) is 0. The van der Waals surface area contributed by atoms with Gasteiger partial charge in [0.05, 0.1) is 6.10 Å². The predicted octanol–water partition coefficient (Wildman–Crippen LogP) is -2.42. The lowest BCUT2D eigenvalue weighted by atomic mass is 10.2. The molecular weight excluding hydrogens is 270 g/mol. The maximum atomic E-state index is 12.0. The highest BCUT2D eigenvalue weighted by Gasteiger charge is 2.38. The third-order valence-corrected chi connectivity index (χ3v) is 3.07. The van der Waals surface area contributed by atoms with Crippen LogP contribution in [0.5, 0.6) is 0 Å². The summed E-state index contributed by atoms with van der Waals surface area (Å²) in [5.74, 6) is -1.87. The molecule has 0 spiro atoms. The van der Waals surface area contributed by atoms with Crippen LogP contribution >= 0.6 is 0 Å². The fourth-order valence-electron chi connectivity index (χ4n) is 2.13. The number of aromatic nitrogens is 2. The van der Waals surface area contributed by atoms with Gasteiger partial charge in [0.15, 0.2) is 0 Å². The highest BCUT2D eigenvalue weighted by Crippen LogP contribution is 2.18. The summed E-state index contributed by atoms with van der Waals surface area (Å²) in [5.41, 5.74) is -1.13. The highest BCUT2D eigenvalue weighted by molar-refractivity contribution is 5.84. The average Bonchev–Trinajstić information content (AvgIpc) is 2.76. The van der Waals surface area contributed by atoms with E-state index in [-0.39, 0.29) is 13.0 Å². The van der Waals surface area contributed by atoms with E-state index in [1.807, 2.05) is 0 Å². The first-order chi connectivity index (χ1) is 9.38. The Labute approximate surface area is 112 Å². The Balaban J connectivity index is 2.19. The maximum absolute atomic E-state index is 12.0. The summed E-state index contributed by atoms with van der Waals surface area (Å²) in [6, 6.07) is 0.923. The van der Waals surface area contributed by atoms with Gasteiger partial charge in [0.2, 0.25) is 5.91 Å². The van der Waals surface area contributed by atoms with Crippen molar-refractivity contribution in [2.75, 3.05) is 6.54 Å². The molecule has 1 saturated heterocycles. The average molecular weight is 283 g/mol. The van der Waals surface area contributed by atoms with Gasteiger partial charge in [-0.05, 0) is 0 Å². The fraction of sp³-hybridized carbons (Fsp3) is 0.455. The van der Waals surface area contributed by atoms with Crippen LogP contribution in [0.4, 0.5) is 0 Å². The topological polar surface area (TPSA) is 133 Å². The molecule has 20 heavy (non-hydrogen) atoms. The largest absolute Gasteiger partial charge is 0.480 e. The third-order valence-electron chi connectivity index (χ3n) is 3.07. The van der Waals surface area contributed by atoms with Crippen LogP contribution in [0.3, 0.4) is 0 Å². The number of hydrogen-bond donors (Lipinski definition) is 3. The minimum atomic E-state index is -1.22. The second-order valence-electron chi connectivity index (χ2n) is 4.52. The number of carbonyl (C=O) groups excluding carboxylic acids is 1. The van der Waals surface area contributed by atoms with E-state index in [1.165, 1.54) is 0 Å². The number of H-pyrrole nitrogens is 1. The summed E-state index contributed by atoms with van der Waals surface area (Å²) < 4.78 is 0.800. The van der Waals surface area contributed by atoms with Gasteiger partial charge in [-0.15, -0.1) is 0 Å². The van der Waals surface area contributed by atoms with Crippen LogP contribution in [0.1, 0.15) is 6.42 Å². The number of hydrogen-bond acceptors (Lipinski definition) is 5. The van der Waals surface area contributed by atoms with E-state index in [1.54, 1.807) is 0 Å². The van der Waals surface area contributed by atoms with Crippen molar-refractivity contribution in [3.8, 4) is 0 Å². The van der Waals surface area contributed by atoms with Gasteiger partial charge in [0.1, 0.15) is 12.6 Å². The predicted molar refractivity (Wildman–Crippen MR) is 65.1 cm³/mol. The van der Waals surface area contributed by atoms with Crippen LogP contribution in [0.15, 0.2) is 21.7 Å². The van der Waals surface area contributed by atoms with Gasteiger partial charge in [-0.3, -0.25) is 19.5 Å². The lowest BCUT2D eigenvalue weighted by Gasteiger charge is -2.21. The minimum absolute atomic E-state index is 0.0543. The van der Waals surface area contributed by atoms with Crippen LogP contribution < -0.4 is 11.1 Å². The molecule has 0 aromatic carbocycles. The van der Waals surface area contributed by atoms with Crippen molar-refractivity contribution < 1.29 is 19.8 Å². The molecule has 0 radical (unpaired) electrons. The first-order valence-corrected chi connectivity index (χ1v) is 5.89. The minimum Gasteiger partial charge on any atom is -0.480 e. The molecule has 1 aromatic rings. The number of carboxylic acid groups (broad SMARTS) is 1. The van der Waals surface area contributed by atoms with Crippen LogP contribution in [0, 0.1) is 0 Å². The SMILES string of the molecule is O=C(O)[C@@H]1C[C@@H](O)CN1C(=O)Cn1[nH]c(=O)ccc1=O. The number of rotatable bonds is 3. The lowest BCUT2D eigenvalue weighted by molar-refractivity contribution is -0.148. The van der Waals surface area contributed by atoms with E-state index in [0.29, 0.717) is 0 Å². The molecule has 0 saturated carbocycles. The van der Waals surface area contributed by atoms with Crippen LogP contribution in [0.25, 0.3) is 0 Å². The Hall–Kier alpha value is -2.42. The van der Waals surface area contributed by atoms with Crippen molar-refractivity contribution >= 4 is 11.9 Å². The molecule has 1 aliphatic heterocycles. The Bertz CT molecular complexity index is 648. The molecule has 1 amide bonds. The number of β-amino-alcohol motifs (C(OH)–C–C–N with tert-alkyl or cyclic N) is 1. The van der Waals surface area contributed by atoms with Gasteiger partial charge in [-0.25, -0.2) is 9.48 Å². The zero-order chi connectivity index (χ0) is 14.9. The molecule has 108 valence electrons. The van der Waals surface area contributed by atoms with Crippen LogP contribution in [0.2, 0.25) is 0 Å². The van der Waals surface area contributed by atoms with E-state index in [2.05, 4.69) is 5.10 Å². The molecule has 1 aromatic heterocycles. The van der Waals surface area contributed by atoms with Crippen molar-refractivity contribution in [1.29, 1.82) is 0 Å². The molecular formula is C11H13N3O6. The summed E-state index contributed by atoms with van der Waals surface area (Å²) >= 11 is 0. The van der Waals surface area contributed by atoms with E-state index < -0.39 is 41.7 Å². The van der Waals surface area contributed by atoms with Gasteiger partial charge in [-0.1, -0.05) is 0 Å². The number of carboxylic acids is 1. The molecule has 9 nitrogen and oxygen atoms in total.